The fraction of sp³-hybridized carbons (Fsp3) is 0.250. The summed E-state index contributed by atoms with van der Waals surface area (Å²) >= 11 is 0. The number of carboxylic acids is 1. The van der Waals surface area contributed by atoms with Gasteiger partial charge >= 0.3 is 11.6 Å². The number of carbonyl (C=O) groups excluding carboxylic acids is 1. The molecule has 0 bridgehead atoms. The SMILES string of the molecule is Cc1oc2c(c(C)cc3oc(=O)c(CC(=O)NC(Cc4c[nH]c5ccc(O)cc45)C(=O)O)c(C)c32)c1C. The molecule has 5 aromatic rings. The van der Waals surface area contributed by atoms with Crippen molar-refractivity contribution in [2.45, 2.75) is 46.6 Å². The summed E-state index contributed by atoms with van der Waals surface area (Å²) in [5, 5.41) is 24.3. The molecule has 0 fully saturated rings. The van der Waals surface area contributed by atoms with Crippen molar-refractivity contribution >= 4 is 44.7 Å². The number of aryl methyl sites for hydroxylation is 4. The molecular weight excluding hydrogens is 476 g/mol. The number of aromatic nitrogens is 1. The first-order chi connectivity index (χ1) is 17.5. The van der Waals surface area contributed by atoms with Gasteiger partial charge in [0, 0.05) is 28.9 Å². The molecule has 5 rings (SSSR count). The highest BCUT2D eigenvalue weighted by Crippen LogP contribution is 2.36. The number of hydrogen-bond acceptors (Lipinski definition) is 6. The highest BCUT2D eigenvalue weighted by molar-refractivity contribution is 6.07. The third-order valence-electron chi connectivity index (χ3n) is 7.02. The number of nitrogens with one attached hydrogen (secondary N) is 2. The lowest BCUT2D eigenvalue weighted by molar-refractivity contribution is -0.141. The number of phenolic OH excluding ortho intramolecular Hbond substituents is 1. The lowest BCUT2D eigenvalue weighted by Crippen LogP contribution is -2.43. The van der Waals surface area contributed by atoms with Gasteiger partial charge in [0.25, 0.3) is 0 Å². The van der Waals surface area contributed by atoms with Crippen molar-refractivity contribution < 1.29 is 28.6 Å². The van der Waals surface area contributed by atoms with Crippen LogP contribution < -0.4 is 10.9 Å². The number of carboxylic acid groups (broad SMARTS) is 1. The average Bonchev–Trinajstić information content (AvgIpc) is 3.36. The van der Waals surface area contributed by atoms with Gasteiger partial charge in [-0.15, -0.1) is 0 Å². The molecule has 3 aromatic heterocycles. The van der Waals surface area contributed by atoms with Crippen molar-refractivity contribution in [2.75, 3.05) is 0 Å². The zero-order chi connectivity index (χ0) is 26.6. The van der Waals surface area contributed by atoms with Crippen molar-refractivity contribution in [2.24, 2.45) is 0 Å². The van der Waals surface area contributed by atoms with Crippen LogP contribution in [0.3, 0.4) is 0 Å². The zero-order valence-electron chi connectivity index (χ0n) is 20.8. The van der Waals surface area contributed by atoms with Gasteiger partial charge in [0.05, 0.1) is 17.4 Å². The van der Waals surface area contributed by atoms with Crippen molar-refractivity contribution in [3.63, 3.8) is 0 Å². The highest BCUT2D eigenvalue weighted by atomic mass is 16.4. The van der Waals surface area contributed by atoms with Crippen LogP contribution in [0.5, 0.6) is 5.75 Å². The monoisotopic (exact) mass is 502 g/mol. The van der Waals surface area contributed by atoms with E-state index in [0.29, 0.717) is 33.1 Å². The number of amides is 1. The average molecular weight is 503 g/mol. The van der Waals surface area contributed by atoms with Crippen molar-refractivity contribution in [1.29, 1.82) is 0 Å². The molecule has 0 aliphatic carbocycles. The van der Waals surface area contributed by atoms with E-state index in [1.54, 1.807) is 25.3 Å². The summed E-state index contributed by atoms with van der Waals surface area (Å²) < 4.78 is 11.6. The van der Waals surface area contributed by atoms with Crippen LogP contribution in [0.15, 0.2) is 44.1 Å². The van der Waals surface area contributed by atoms with Gasteiger partial charge in [-0.25, -0.2) is 9.59 Å². The van der Waals surface area contributed by atoms with E-state index in [1.807, 2.05) is 20.8 Å². The number of H-pyrrole nitrogens is 1. The predicted molar refractivity (Wildman–Crippen MR) is 138 cm³/mol. The Labute approximate surface area is 210 Å². The molecule has 190 valence electrons. The maximum Gasteiger partial charge on any atom is 0.340 e. The number of aliphatic carboxylic acids is 1. The Kier molecular flexibility index (Phi) is 5.78. The highest BCUT2D eigenvalue weighted by Gasteiger charge is 2.25. The van der Waals surface area contributed by atoms with Crippen LogP contribution in [0.1, 0.15) is 33.6 Å². The minimum Gasteiger partial charge on any atom is -0.508 e. The first kappa shape index (κ1) is 24.2. The molecule has 1 atom stereocenters. The molecule has 0 saturated heterocycles. The summed E-state index contributed by atoms with van der Waals surface area (Å²) in [7, 11) is 0. The number of rotatable bonds is 6. The standard InChI is InChI=1S/C28H26N2O7/c1-12-7-22-25(26-24(12)13(2)15(4)36-26)14(3)18(28(35)37-22)10-23(32)30-21(27(33)34)8-16-11-29-20-6-5-17(31)9-19(16)20/h5-7,9,11,21,29,31H,8,10H2,1-4H3,(H,30,32)(H,33,34). The van der Waals surface area contributed by atoms with E-state index < -0.39 is 23.5 Å². The number of benzene rings is 2. The molecule has 0 radical (unpaired) electrons. The van der Waals surface area contributed by atoms with E-state index in [2.05, 4.69) is 10.3 Å². The summed E-state index contributed by atoms with van der Waals surface area (Å²) in [6.45, 7) is 7.48. The fourth-order valence-corrected chi connectivity index (χ4v) is 5.00. The molecule has 37 heavy (non-hydrogen) atoms. The van der Waals surface area contributed by atoms with Crippen LogP contribution in [0, 0.1) is 27.7 Å². The third kappa shape index (κ3) is 4.12. The van der Waals surface area contributed by atoms with Gasteiger partial charge < -0.3 is 29.3 Å². The van der Waals surface area contributed by atoms with Gasteiger partial charge in [-0.1, -0.05) is 0 Å². The van der Waals surface area contributed by atoms with E-state index in [0.717, 1.165) is 27.8 Å². The molecule has 0 aliphatic rings. The number of phenols is 1. The zero-order valence-corrected chi connectivity index (χ0v) is 20.8. The van der Waals surface area contributed by atoms with E-state index in [1.165, 1.54) is 12.1 Å². The number of furan rings is 1. The molecule has 3 heterocycles. The topological polar surface area (TPSA) is 146 Å². The Balaban J connectivity index is 1.47. The Morgan fingerprint density at radius 1 is 1.05 bits per heavy atom. The quantitative estimate of drug-likeness (QED) is 0.253. The Bertz CT molecular complexity index is 1790. The van der Waals surface area contributed by atoms with Crippen LogP contribution in [-0.4, -0.2) is 33.1 Å². The van der Waals surface area contributed by atoms with Crippen LogP contribution in [0.4, 0.5) is 0 Å². The van der Waals surface area contributed by atoms with Crippen molar-refractivity contribution in [3.8, 4) is 5.75 Å². The van der Waals surface area contributed by atoms with Gasteiger partial charge in [0.2, 0.25) is 5.91 Å². The molecule has 9 heteroatoms. The van der Waals surface area contributed by atoms with Gasteiger partial charge in [0.1, 0.15) is 28.7 Å². The Morgan fingerprint density at radius 2 is 1.81 bits per heavy atom. The van der Waals surface area contributed by atoms with E-state index in [9.17, 15) is 24.6 Å². The van der Waals surface area contributed by atoms with Crippen LogP contribution in [0.2, 0.25) is 0 Å². The molecule has 0 saturated carbocycles. The number of fused-ring (bicyclic) bond motifs is 4. The molecule has 2 aromatic carbocycles. The second-order valence-electron chi connectivity index (χ2n) is 9.43. The Hall–Kier alpha value is -4.53. The van der Waals surface area contributed by atoms with Gasteiger partial charge in [-0.3, -0.25) is 4.79 Å². The molecule has 1 amide bonds. The largest absolute Gasteiger partial charge is 0.508 e. The van der Waals surface area contributed by atoms with Gasteiger partial charge in [-0.05, 0) is 74.2 Å². The third-order valence-corrected chi connectivity index (χ3v) is 7.02. The van der Waals surface area contributed by atoms with E-state index >= 15 is 0 Å². The number of hydrogen-bond donors (Lipinski definition) is 4. The normalized spacial score (nSPS) is 12.4. The van der Waals surface area contributed by atoms with Crippen LogP contribution >= 0.6 is 0 Å². The lowest BCUT2D eigenvalue weighted by Gasteiger charge is -2.15. The number of aromatic amines is 1. The molecule has 0 spiro atoms. The molecule has 9 nitrogen and oxygen atoms in total. The summed E-state index contributed by atoms with van der Waals surface area (Å²) in [5.41, 5.74) is 4.28. The number of aromatic hydroxyl groups is 1. The summed E-state index contributed by atoms with van der Waals surface area (Å²) in [5.74, 6) is -1.04. The summed E-state index contributed by atoms with van der Waals surface area (Å²) in [6.07, 6.45) is 1.28. The number of carbonyl (C=O) groups is 2. The van der Waals surface area contributed by atoms with Crippen LogP contribution in [-0.2, 0) is 22.4 Å². The minimum absolute atomic E-state index is 0.0132. The first-order valence-corrected chi connectivity index (χ1v) is 11.8. The lowest BCUT2D eigenvalue weighted by atomic mass is 9.98. The van der Waals surface area contributed by atoms with Crippen molar-refractivity contribution in [3.05, 3.63) is 74.5 Å². The van der Waals surface area contributed by atoms with E-state index in [4.69, 9.17) is 8.83 Å². The van der Waals surface area contributed by atoms with E-state index in [-0.39, 0.29) is 24.2 Å². The summed E-state index contributed by atoms with van der Waals surface area (Å²) in [6, 6.07) is 5.29. The fourth-order valence-electron chi connectivity index (χ4n) is 5.00. The molecular formula is C28H26N2O7. The predicted octanol–water partition coefficient (Wildman–Crippen LogP) is 4.31. The van der Waals surface area contributed by atoms with Crippen molar-refractivity contribution in [1.82, 2.24) is 10.3 Å². The maximum atomic E-state index is 13.0. The van der Waals surface area contributed by atoms with Gasteiger partial charge in [-0.2, -0.15) is 0 Å². The second-order valence-corrected chi connectivity index (χ2v) is 9.43. The first-order valence-electron chi connectivity index (χ1n) is 11.8. The molecule has 0 aliphatic heterocycles. The van der Waals surface area contributed by atoms with Crippen LogP contribution in [0.25, 0.3) is 32.8 Å². The smallest absolute Gasteiger partial charge is 0.340 e. The Morgan fingerprint density at radius 3 is 2.54 bits per heavy atom. The van der Waals surface area contributed by atoms with Gasteiger partial charge in [0.15, 0.2) is 0 Å². The minimum atomic E-state index is -1.24. The second kappa shape index (κ2) is 8.85. The summed E-state index contributed by atoms with van der Waals surface area (Å²) in [4.78, 5) is 40.8. The molecule has 1 unspecified atom stereocenters. The maximum absolute atomic E-state index is 13.0. The molecule has 4 N–H and O–H groups in total.